The highest BCUT2D eigenvalue weighted by atomic mass is 28.4. The predicted octanol–water partition coefficient (Wildman–Crippen LogP) is 4.32. The van der Waals surface area contributed by atoms with Crippen molar-refractivity contribution in [3.8, 4) is 11.5 Å². The van der Waals surface area contributed by atoms with Crippen LogP contribution in [-0.2, 0) is 22.2 Å². The van der Waals surface area contributed by atoms with Gasteiger partial charge in [-0.3, -0.25) is 9.78 Å². The Labute approximate surface area is 266 Å². The van der Waals surface area contributed by atoms with Crippen LogP contribution in [0.4, 0.5) is 0 Å². The van der Waals surface area contributed by atoms with E-state index in [0.717, 1.165) is 0 Å². The number of pyridine rings is 1. The smallest absolute Gasteiger partial charge is 0.261 e. The zero-order valence-corrected chi connectivity index (χ0v) is 27.2. The maximum Gasteiger partial charge on any atom is 0.261 e. The molecule has 1 saturated heterocycles. The minimum atomic E-state index is -2.74. The highest BCUT2D eigenvalue weighted by Crippen LogP contribution is 2.37. The van der Waals surface area contributed by atoms with Gasteiger partial charge in [0.05, 0.1) is 42.7 Å². The first-order valence-corrected chi connectivity index (χ1v) is 17.3. The van der Waals surface area contributed by atoms with E-state index in [-0.39, 0.29) is 36.0 Å². The average Bonchev–Trinajstić information content (AvgIpc) is 3.06. The summed E-state index contributed by atoms with van der Waals surface area (Å²) >= 11 is 0. The molecule has 3 aromatic carbocycles. The number of hydrogen-bond donors (Lipinski definition) is 2. The Bertz CT molecular complexity index is 1520. The molecule has 0 radical (unpaired) electrons. The highest BCUT2D eigenvalue weighted by molar-refractivity contribution is 6.99. The second kappa shape index (κ2) is 14.4. The van der Waals surface area contributed by atoms with Gasteiger partial charge in [-0.05, 0) is 39.7 Å². The molecule has 236 valence electrons. The molecule has 0 aliphatic carbocycles. The van der Waals surface area contributed by atoms with Gasteiger partial charge < -0.3 is 29.0 Å². The minimum Gasteiger partial charge on any atom is -0.507 e. The van der Waals surface area contributed by atoms with Crippen molar-refractivity contribution in [2.24, 2.45) is 0 Å². The third-order valence-corrected chi connectivity index (χ3v) is 13.4. The number of carbonyl (C=O) groups excluding carboxylic acids is 1. The predicted molar refractivity (Wildman–Crippen MR) is 177 cm³/mol. The van der Waals surface area contributed by atoms with Crippen molar-refractivity contribution < 1.29 is 28.9 Å². The number of ether oxygens (including phenoxy) is 2. The van der Waals surface area contributed by atoms with E-state index in [2.05, 4.69) is 74.3 Å². The quantitative estimate of drug-likeness (QED) is 0.239. The second-order valence-electron chi connectivity index (χ2n) is 12.2. The van der Waals surface area contributed by atoms with Crippen LogP contribution in [0.1, 0.15) is 42.4 Å². The summed E-state index contributed by atoms with van der Waals surface area (Å²) < 4.78 is 18.8. The molecular formula is C36H42N2O6Si. The molecule has 9 heteroatoms. The molecule has 1 fully saturated rings. The van der Waals surface area contributed by atoms with E-state index in [0.29, 0.717) is 55.4 Å². The van der Waals surface area contributed by atoms with Gasteiger partial charge in [0.15, 0.2) is 0 Å². The number of phenols is 1. The molecule has 8 nitrogen and oxygen atoms in total. The Kier molecular flexibility index (Phi) is 10.3. The maximum atomic E-state index is 14.0. The van der Waals surface area contributed by atoms with Crippen molar-refractivity contribution in [3.05, 3.63) is 114 Å². The molecule has 0 spiro atoms. The van der Waals surface area contributed by atoms with E-state index in [9.17, 15) is 15.0 Å². The van der Waals surface area contributed by atoms with Gasteiger partial charge in [0.2, 0.25) is 0 Å². The number of aromatic nitrogens is 1. The monoisotopic (exact) mass is 626 g/mol. The van der Waals surface area contributed by atoms with Crippen molar-refractivity contribution in [1.29, 1.82) is 0 Å². The van der Waals surface area contributed by atoms with Crippen molar-refractivity contribution in [2.45, 2.75) is 44.9 Å². The molecule has 0 bridgehead atoms. The standard InChI is InChI=1S/C36H42N2O6Si/c1-36(2,3)45(28-12-6-4-7-13-28,29-14-8-5-9-15-29)44-22-19-32-30(16-11-20-37-32)35(41)38-21-23-42-25-27(38)26-43-34-18-10-17-33(40)31(34)24-39/h4-18,20,27,39-40H,19,21-26H2,1-3H3/t27-/m0/s1. The molecule has 0 saturated carbocycles. The van der Waals surface area contributed by atoms with Crippen molar-refractivity contribution in [2.75, 3.05) is 33.0 Å². The molecule has 1 amide bonds. The van der Waals surface area contributed by atoms with Crippen molar-refractivity contribution in [1.82, 2.24) is 9.88 Å². The van der Waals surface area contributed by atoms with Crippen LogP contribution in [0.2, 0.25) is 5.04 Å². The number of aliphatic hydroxyl groups is 1. The number of aliphatic hydroxyl groups excluding tert-OH is 1. The zero-order chi connectivity index (χ0) is 31.9. The van der Waals surface area contributed by atoms with Gasteiger partial charge in [0, 0.05) is 25.8 Å². The van der Waals surface area contributed by atoms with E-state index >= 15 is 0 Å². The average molecular weight is 627 g/mol. The molecular weight excluding hydrogens is 584 g/mol. The van der Waals surface area contributed by atoms with Gasteiger partial charge in [-0.2, -0.15) is 0 Å². The van der Waals surface area contributed by atoms with Crippen molar-refractivity contribution >= 4 is 24.6 Å². The van der Waals surface area contributed by atoms with Gasteiger partial charge in [0.25, 0.3) is 14.2 Å². The Balaban J connectivity index is 1.36. The number of morpholine rings is 1. The number of hydrogen-bond acceptors (Lipinski definition) is 7. The van der Waals surface area contributed by atoms with Crippen LogP contribution in [0.3, 0.4) is 0 Å². The fraction of sp³-hybridized carbons (Fsp3) is 0.333. The Morgan fingerprint density at radius 2 is 1.67 bits per heavy atom. The number of nitrogens with zero attached hydrogens (tertiary/aromatic N) is 2. The molecule has 45 heavy (non-hydrogen) atoms. The minimum absolute atomic E-state index is 0.0388. The molecule has 1 aliphatic heterocycles. The summed E-state index contributed by atoms with van der Waals surface area (Å²) in [6.45, 7) is 8.07. The molecule has 4 aromatic rings. The molecule has 2 N–H and O–H groups in total. The largest absolute Gasteiger partial charge is 0.507 e. The summed E-state index contributed by atoms with van der Waals surface area (Å²) in [5.41, 5.74) is 1.52. The zero-order valence-electron chi connectivity index (χ0n) is 26.2. The van der Waals surface area contributed by atoms with Crippen LogP contribution >= 0.6 is 0 Å². The third-order valence-electron chi connectivity index (χ3n) is 8.38. The van der Waals surface area contributed by atoms with E-state index in [1.807, 2.05) is 18.2 Å². The lowest BCUT2D eigenvalue weighted by molar-refractivity contribution is -0.0153. The molecule has 0 unspecified atom stereocenters. The molecule has 1 atom stereocenters. The normalized spacial score (nSPS) is 15.6. The number of aromatic hydroxyl groups is 1. The van der Waals surface area contributed by atoms with Crippen LogP contribution in [0.15, 0.2) is 97.2 Å². The summed E-state index contributed by atoms with van der Waals surface area (Å²) in [7, 11) is -2.74. The van der Waals surface area contributed by atoms with Crippen LogP contribution in [-0.4, -0.2) is 73.3 Å². The van der Waals surface area contributed by atoms with Gasteiger partial charge in [0.1, 0.15) is 18.1 Å². The summed E-state index contributed by atoms with van der Waals surface area (Å²) in [6.07, 6.45) is 2.19. The Morgan fingerprint density at radius 1 is 0.978 bits per heavy atom. The van der Waals surface area contributed by atoms with Gasteiger partial charge in [-0.15, -0.1) is 0 Å². The number of rotatable bonds is 11. The summed E-state index contributed by atoms with van der Waals surface area (Å²) in [5.74, 6) is 0.194. The lowest BCUT2D eigenvalue weighted by atomic mass is 10.1. The van der Waals surface area contributed by atoms with Crippen LogP contribution in [0.5, 0.6) is 11.5 Å². The first-order chi connectivity index (χ1) is 21.8. The second-order valence-corrected chi connectivity index (χ2v) is 16.5. The van der Waals surface area contributed by atoms with Gasteiger partial charge in [-0.25, -0.2) is 0 Å². The lowest BCUT2D eigenvalue weighted by Gasteiger charge is -2.43. The van der Waals surface area contributed by atoms with Crippen molar-refractivity contribution in [3.63, 3.8) is 0 Å². The first kappa shape index (κ1) is 32.4. The number of carbonyl (C=O) groups is 1. The van der Waals surface area contributed by atoms with Gasteiger partial charge in [-0.1, -0.05) is 87.5 Å². The maximum absolute atomic E-state index is 14.0. The molecule has 1 aliphatic rings. The summed E-state index contributed by atoms with van der Waals surface area (Å²) in [5, 5.41) is 22.0. The first-order valence-electron chi connectivity index (χ1n) is 15.4. The molecule has 2 heterocycles. The van der Waals surface area contributed by atoms with Crippen LogP contribution in [0, 0.1) is 0 Å². The van der Waals surface area contributed by atoms with E-state index in [1.54, 1.807) is 29.3 Å². The molecule has 1 aromatic heterocycles. The summed E-state index contributed by atoms with van der Waals surface area (Å²) in [6, 6.07) is 29.1. The Hall–Kier alpha value is -4.02. The topological polar surface area (TPSA) is 101 Å². The third kappa shape index (κ3) is 6.97. The van der Waals surface area contributed by atoms with E-state index < -0.39 is 8.32 Å². The highest BCUT2D eigenvalue weighted by Gasteiger charge is 2.50. The number of benzene rings is 3. The van der Waals surface area contributed by atoms with Crippen LogP contribution < -0.4 is 15.1 Å². The van der Waals surface area contributed by atoms with E-state index in [1.165, 1.54) is 16.4 Å². The fourth-order valence-corrected chi connectivity index (χ4v) is 10.7. The molecule has 5 rings (SSSR count). The Morgan fingerprint density at radius 3 is 2.31 bits per heavy atom. The lowest BCUT2D eigenvalue weighted by Crippen LogP contribution is -2.66. The SMILES string of the molecule is CC(C)(C)[Si](OCCc1ncccc1C(=O)N1CCOC[C@H]1COc1cccc(O)c1CO)(c1ccccc1)c1ccccc1. The van der Waals surface area contributed by atoms with Gasteiger partial charge >= 0.3 is 0 Å². The fourth-order valence-electron chi connectivity index (χ4n) is 6.14. The van der Waals surface area contributed by atoms with E-state index in [4.69, 9.17) is 13.9 Å². The summed E-state index contributed by atoms with van der Waals surface area (Å²) in [4.78, 5) is 20.5. The van der Waals surface area contributed by atoms with Crippen LogP contribution in [0.25, 0.3) is 0 Å². The number of amides is 1.